The molecule has 2 N–H and O–H groups in total. The van der Waals surface area contributed by atoms with E-state index in [-0.39, 0.29) is 0 Å². The maximum Gasteiger partial charge on any atom is 0.178 e. The van der Waals surface area contributed by atoms with Crippen molar-refractivity contribution in [2.45, 2.75) is 51.1 Å². The third kappa shape index (κ3) is 3.65. The van der Waals surface area contributed by atoms with Gasteiger partial charge in [-0.05, 0) is 42.8 Å². The van der Waals surface area contributed by atoms with Crippen molar-refractivity contribution in [3.8, 4) is 0 Å². The number of aromatic amines is 1. The first-order valence-electron chi connectivity index (χ1n) is 10.5. The molecule has 2 aromatic carbocycles. The van der Waals surface area contributed by atoms with E-state index < -0.39 is 0 Å². The van der Waals surface area contributed by atoms with Crippen LogP contribution in [0.15, 0.2) is 48.8 Å². The predicted octanol–water partition coefficient (Wildman–Crippen LogP) is 6.15. The maximum absolute atomic E-state index is 5.72. The SMILES string of the molecule is S=c1[nH]c2cc3c(NCc4ccccc4)ncnc3cc2n1C1CCCCCC1. The van der Waals surface area contributed by atoms with Crippen LogP contribution in [0.3, 0.4) is 0 Å². The first-order chi connectivity index (χ1) is 14.3. The van der Waals surface area contributed by atoms with Gasteiger partial charge in [0.2, 0.25) is 0 Å². The zero-order valence-electron chi connectivity index (χ0n) is 16.4. The third-order valence-electron chi connectivity index (χ3n) is 5.97. The van der Waals surface area contributed by atoms with Gasteiger partial charge in [0.05, 0.1) is 16.6 Å². The summed E-state index contributed by atoms with van der Waals surface area (Å²) in [7, 11) is 0. The Balaban J connectivity index is 1.54. The average Bonchev–Trinajstić information content (AvgIpc) is 2.91. The largest absolute Gasteiger partial charge is 0.365 e. The number of aromatic nitrogens is 4. The molecule has 148 valence electrons. The number of fused-ring (bicyclic) bond motifs is 2. The first kappa shape index (κ1) is 18.3. The fourth-order valence-corrected chi connectivity index (χ4v) is 4.83. The van der Waals surface area contributed by atoms with Crippen LogP contribution in [0.2, 0.25) is 0 Å². The van der Waals surface area contributed by atoms with E-state index in [1.807, 2.05) is 6.07 Å². The van der Waals surface area contributed by atoms with E-state index in [1.54, 1.807) is 6.33 Å². The lowest BCUT2D eigenvalue weighted by Crippen LogP contribution is -2.08. The first-order valence-corrected chi connectivity index (χ1v) is 10.9. The maximum atomic E-state index is 5.72. The number of hydrogen-bond donors (Lipinski definition) is 2. The number of hydrogen-bond acceptors (Lipinski definition) is 4. The summed E-state index contributed by atoms with van der Waals surface area (Å²) in [4.78, 5) is 12.5. The molecule has 0 bridgehead atoms. The molecule has 0 aliphatic heterocycles. The van der Waals surface area contributed by atoms with Crippen LogP contribution in [0.4, 0.5) is 5.82 Å². The van der Waals surface area contributed by atoms with Crippen LogP contribution in [0, 0.1) is 4.77 Å². The minimum atomic E-state index is 0.480. The molecule has 1 fully saturated rings. The summed E-state index contributed by atoms with van der Waals surface area (Å²) in [6, 6.07) is 15.1. The van der Waals surface area contributed by atoms with E-state index in [1.165, 1.54) is 44.1 Å². The number of H-pyrrole nitrogens is 1. The van der Waals surface area contributed by atoms with Crippen LogP contribution in [0.5, 0.6) is 0 Å². The Kier molecular flexibility index (Phi) is 5.02. The lowest BCUT2D eigenvalue weighted by Gasteiger charge is -2.17. The molecule has 5 nitrogen and oxygen atoms in total. The highest BCUT2D eigenvalue weighted by Gasteiger charge is 2.18. The molecule has 1 aliphatic carbocycles. The van der Waals surface area contributed by atoms with E-state index in [9.17, 15) is 0 Å². The van der Waals surface area contributed by atoms with Crippen molar-refractivity contribution in [1.82, 2.24) is 19.5 Å². The van der Waals surface area contributed by atoms with Gasteiger partial charge in [-0.15, -0.1) is 0 Å². The molecule has 1 aliphatic rings. The molecule has 0 atom stereocenters. The molecule has 2 heterocycles. The van der Waals surface area contributed by atoms with Crippen molar-refractivity contribution < 1.29 is 0 Å². The van der Waals surface area contributed by atoms with E-state index in [0.717, 1.165) is 39.1 Å². The summed E-state index contributed by atoms with van der Waals surface area (Å²) >= 11 is 5.72. The number of nitrogens with one attached hydrogen (secondary N) is 2. The minimum absolute atomic E-state index is 0.480. The van der Waals surface area contributed by atoms with Gasteiger partial charge in [-0.25, -0.2) is 9.97 Å². The van der Waals surface area contributed by atoms with E-state index in [0.29, 0.717) is 6.04 Å². The lowest BCUT2D eigenvalue weighted by atomic mass is 10.1. The van der Waals surface area contributed by atoms with Gasteiger partial charge < -0.3 is 14.9 Å². The normalized spacial score (nSPS) is 15.6. The molecule has 4 aromatic rings. The molecule has 0 amide bonds. The van der Waals surface area contributed by atoms with Crippen LogP contribution in [-0.4, -0.2) is 19.5 Å². The van der Waals surface area contributed by atoms with Gasteiger partial charge in [-0.1, -0.05) is 56.0 Å². The molecule has 29 heavy (non-hydrogen) atoms. The quantitative estimate of drug-likeness (QED) is 0.317. The topological polar surface area (TPSA) is 58.5 Å². The van der Waals surface area contributed by atoms with Crippen LogP contribution in [0.1, 0.15) is 50.1 Å². The van der Waals surface area contributed by atoms with Gasteiger partial charge in [-0.3, -0.25) is 0 Å². The van der Waals surface area contributed by atoms with Gasteiger partial charge in [0.15, 0.2) is 4.77 Å². The minimum Gasteiger partial charge on any atom is -0.365 e. The van der Waals surface area contributed by atoms with Gasteiger partial charge >= 0.3 is 0 Å². The average molecular weight is 404 g/mol. The van der Waals surface area contributed by atoms with E-state index in [4.69, 9.17) is 12.2 Å². The fraction of sp³-hybridized carbons (Fsp3) is 0.348. The lowest BCUT2D eigenvalue weighted by molar-refractivity contribution is 0.450. The number of rotatable bonds is 4. The Labute approximate surface area is 175 Å². The van der Waals surface area contributed by atoms with E-state index in [2.05, 4.69) is 61.2 Å². The molecule has 0 unspecified atom stereocenters. The summed E-state index contributed by atoms with van der Waals surface area (Å²) < 4.78 is 3.14. The smallest absolute Gasteiger partial charge is 0.178 e. The van der Waals surface area contributed by atoms with Crippen LogP contribution >= 0.6 is 12.2 Å². The number of benzene rings is 2. The Morgan fingerprint density at radius 1 is 1.03 bits per heavy atom. The summed E-state index contributed by atoms with van der Waals surface area (Å²) in [5, 5.41) is 4.48. The van der Waals surface area contributed by atoms with Crippen LogP contribution in [0.25, 0.3) is 21.9 Å². The second-order valence-electron chi connectivity index (χ2n) is 7.89. The zero-order chi connectivity index (χ0) is 19.6. The van der Waals surface area contributed by atoms with Crippen LogP contribution < -0.4 is 5.32 Å². The number of anilines is 1. The highest BCUT2D eigenvalue weighted by Crippen LogP contribution is 2.33. The third-order valence-corrected chi connectivity index (χ3v) is 6.26. The Bertz CT molecular complexity index is 1190. The highest BCUT2D eigenvalue weighted by molar-refractivity contribution is 7.71. The summed E-state index contributed by atoms with van der Waals surface area (Å²) in [6.45, 7) is 0.726. The number of nitrogens with zero attached hydrogens (tertiary/aromatic N) is 3. The Hall–Kier alpha value is -2.73. The van der Waals surface area contributed by atoms with Gasteiger partial charge in [0.25, 0.3) is 0 Å². The molecular formula is C23H25N5S. The van der Waals surface area contributed by atoms with Gasteiger partial charge in [0.1, 0.15) is 12.1 Å². The van der Waals surface area contributed by atoms with Crippen molar-refractivity contribution in [1.29, 1.82) is 0 Å². The van der Waals surface area contributed by atoms with Crippen molar-refractivity contribution in [3.63, 3.8) is 0 Å². The molecule has 1 saturated carbocycles. The van der Waals surface area contributed by atoms with Crippen molar-refractivity contribution >= 4 is 40.0 Å². The molecule has 0 spiro atoms. The van der Waals surface area contributed by atoms with Crippen molar-refractivity contribution in [2.75, 3.05) is 5.32 Å². The summed E-state index contributed by atoms with van der Waals surface area (Å²) in [6.07, 6.45) is 9.26. The van der Waals surface area contributed by atoms with E-state index >= 15 is 0 Å². The predicted molar refractivity (Wildman–Crippen MR) is 121 cm³/mol. The second kappa shape index (κ2) is 7.95. The summed E-state index contributed by atoms with van der Waals surface area (Å²) in [5.41, 5.74) is 4.38. The summed E-state index contributed by atoms with van der Waals surface area (Å²) in [5.74, 6) is 0.849. The molecule has 2 aromatic heterocycles. The number of imidazole rings is 1. The van der Waals surface area contributed by atoms with Crippen LogP contribution in [-0.2, 0) is 6.54 Å². The highest BCUT2D eigenvalue weighted by atomic mass is 32.1. The Morgan fingerprint density at radius 3 is 2.62 bits per heavy atom. The standard InChI is InChI=1S/C23H25N5S/c29-23-27-20-12-18-19(13-21(20)28(23)17-10-6-1-2-7-11-17)25-15-26-22(18)24-14-16-8-4-3-5-9-16/h3-5,8-9,12-13,15,17H,1-2,6-7,10-11,14H2,(H,27,29)(H,24,25,26). The van der Waals surface area contributed by atoms with Crippen molar-refractivity contribution in [3.05, 3.63) is 59.1 Å². The molecular weight excluding hydrogens is 378 g/mol. The van der Waals surface area contributed by atoms with Gasteiger partial charge in [0, 0.05) is 18.0 Å². The molecule has 5 rings (SSSR count). The molecule has 0 saturated heterocycles. The fourth-order valence-electron chi connectivity index (χ4n) is 4.48. The monoisotopic (exact) mass is 403 g/mol. The van der Waals surface area contributed by atoms with Crippen molar-refractivity contribution in [2.24, 2.45) is 0 Å². The Morgan fingerprint density at radius 2 is 1.83 bits per heavy atom. The van der Waals surface area contributed by atoms with Gasteiger partial charge in [-0.2, -0.15) is 0 Å². The zero-order valence-corrected chi connectivity index (χ0v) is 17.2. The molecule has 0 radical (unpaired) electrons. The molecule has 6 heteroatoms. The second-order valence-corrected chi connectivity index (χ2v) is 8.28.